The molecule has 2 aromatic carbocycles. The summed E-state index contributed by atoms with van der Waals surface area (Å²) in [6.45, 7) is 2.48. The number of rotatable bonds is 6. The minimum Gasteiger partial charge on any atom is -0.493 e. The van der Waals surface area contributed by atoms with Gasteiger partial charge in [0, 0.05) is 5.69 Å². The molecule has 0 aliphatic carbocycles. The van der Waals surface area contributed by atoms with Crippen LogP contribution in [0.25, 0.3) is 0 Å². The molecule has 0 radical (unpaired) electrons. The van der Waals surface area contributed by atoms with E-state index in [0.717, 1.165) is 15.7 Å². The van der Waals surface area contributed by atoms with E-state index in [4.69, 9.17) is 21.7 Å². The lowest BCUT2D eigenvalue weighted by Crippen LogP contribution is -2.23. The highest BCUT2D eigenvalue weighted by Gasteiger charge is 2.10. The van der Waals surface area contributed by atoms with Gasteiger partial charge in [0.2, 0.25) is 0 Å². The first-order valence-corrected chi connectivity index (χ1v) is 8.49. The number of hydrazone groups is 1. The highest BCUT2D eigenvalue weighted by Crippen LogP contribution is 2.36. The molecular weight excluding hydrogens is 390 g/mol. The Bertz CT molecular complexity index is 723. The monoisotopic (exact) mass is 407 g/mol. The number of nitrogens with one attached hydrogen (secondary N) is 2. The highest BCUT2D eigenvalue weighted by molar-refractivity contribution is 9.10. The average Bonchev–Trinajstić information content (AvgIpc) is 2.58. The quantitative estimate of drug-likeness (QED) is 0.427. The summed E-state index contributed by atoms with van der Waals surface area (Å²) in [5.74, 6) is 1.31. The van der Waals surface area contributed by atoms with E-state index in [2.05, 4.69) is 31.8 Å². The van der Waals surface area contributed by atoms with Crippen LogP contribution in [0.4, 0.5) is 5.69 Å². The third kappa shape index (κ3) is 5.21. The van der Waals surface area contributed by atoms with Crippen LogP contribution in [-0.4, -0.2) is 25.0 Å². The molecule has 2 rings (SSSR count). The van der Waals surface area contributed by atoms with Crippen molar-refractivity contribution < 1.29 is 9.47 Å². The molecule has 0 amide bonds. The molecule has 2 N–H and O–H groups in total. The van der Waals surface area contributed by atoms with Gasteiger partial charge in [0.15, 0.2) is 16.6 Å². The molecule has 0 bridgehead atoms. The van der Waals surface area contributed by atoms with Gasteiger partial charge in [-0.2, -0.15) is 5.10 Å². The largest absolute Gasteiger partial charge is 0.493 e. The Balaban J connectivity index is 2.01. The molecule has 0 heterocycles. The summed E-state index contributed by atoms with van der Waals surface area (Å²) in [7, 11) is 1.60. The Morgan fingerprint density at radius 3 is 2.71 bits per heavy atom. The van der Waals surface area contributed by atoms with E-state index in [9.17, 15) is 0 Å². The van der Waals surface area contributed by atoms with E-state index in [-0.39, 0.29) is 0 Å². The normalized spacial score (nSPS) is 10.5. The molecule has 0 aliphatic rings. The number of hydrogen-bond acceptors (Lipinski definition) is 4. The molecule has 0 unspecified atom stereocenters. The topological polar surface area (TPSA) is 54.9 Å². The van der Waals surface area contributed by atoms with Gasteiger partial charge in [-0.1, -0.05) is 18.2 Å². The number of ether oxygens (including phenoxy) is 2. The highest BCUT2D eigenvalue weighted by atomic mass is 79.9. The number of nitrogens with zero attached hydrogens (tertiary/aromatic N) is 1. The Kier molecular flexibility index (Phi) is 7.02. The molecule has 0 atom stereocenters. The van der Waals surface area contributed by atoms with E-state index in [0.29, 0.717) is 23.2 Å². The number of hydrogen-bond donors (Lipinski definition) is 2. The lowest BCUT2D eigenvalue weighted by molar-refractivity contribution is 0.309. The van der Waals surface area contributed by atoms with Crippen LogP contribution >= 0.6 is 28.1 Å². The van der Waals surface area contributed by atoms with Gasteiger partial charge in [0.1, 0.15) is 0 Å². The van der Waals surface area contributed by atoms with Gasteiger partial charge in [-0.25, -0.2) is 0 Å². The Hall–Kier alpha value is -2.12. The minimum atomic E-state index is 0.411. The molecule has 0 saturated carbocycles. The molecule has 7 heteroatoms. The third-order valence-corrected chi connectivity index (χ3v) is 3.73. The number of thiocarbonyl (C=S) groups is 1. The fourth-order valence-electron chi connectivity index (χ4n) is 1.94. The number of anilines is 1. The molecule has 0 aliphatic heterocycles. The second kappa shape index (κ2) is 9.24. The second-order valence-corrected chi connectivity index (χ2v) is 5.92. The Morgan fingerprint density at radius 2 is 2.04 bits per heavy atom. The van der Waals surface area contributed by atoms with Crippen molar-refractivity contribution in [3.8, 4) is 11.5 Å². The van der Waals surface area contributed by atoms with Crippen LogP contribution < -0.4 is 20.2 Å². The van der Waals surface area contributed by atoms with Crippen molar-refractivity contribution in [2.75, 3.05) is 19.0 Å². The fourth-order valence-corrected chi connectivity index (χ4v) is 2.69. The van der Waals surface area contributed by atoms with E-state index in [1.54, 1.807) is 13.3 Å². The van der Waals surface area contributed by atoms with Crippen LogP contribution in [0.3, 0.4) is 0 Å². The predicted octanol–water partition coefficient (Wildman–Crippen LogP) is 4.18. The van der Waals surface area contributed by atoms with Gasteiger partial charge < -0.3 is 14.8 Å². The van der Waals surface area contributed by atoms with Crippen molar-refractivity contribution >= 4 is 45.2 Å². The van der Waals surface area contributed by atoms with Gasteiger partial charge in [-0.05, 0) is 64.9 Å². The zero-order valence-corrected chi connectivity index (χ0v) is 15.8. The molecule has 0 saturated heterocycles. The van der Waals surface area contributed by atoms with Crippen LogP contribution in [0.1, 0.15) is 12.5 Å². The number of methoxy groups -OCH3 is 1. The summed E-state index contributed by atoms with van der Waals surface area (Å²) >= 11 is 8.67. The van der Waals surface area contributed by atoms with Crippen LogP contribution in [0, 0.1) is 0 Å². The number of para-hydroxylation sites is 1. The summed E-state index contributed by atoms with van der Waals surface area (Å²) in [4.78, 5) is 0. The average molecular weight is 408 g/mol. The summed E-state index contributed by atoms with van der Waals surface area (Å²) in [5.41, 5.74) is 4.52. The number of halogens is 1. The van der Waals surface area contributed by atoms with Gasteiger partial charge in [0.25, 0.3) is 0 Å². The Morgan fingerprint density at radius 1 is 1.29 bits per heavy atom. The van der Waals surface area contributed by atoms with Crippen molar-refractivity contribution in [3.05, 3.63) is 52.5 Å². The molecule has 0 fully saturated rings. The van der Waals surface area contributed by atoms with Crippen molar-refractivity contribution in [3.63, 3.8) is 0 Å². The number of benzene rings is 2. The lowest BCUT2D eigenvalue weighted by Gasteiger charge is -2.12. The van der Waals surface area contributed by atoms with Crippen LogP contribution in [-0.2, 0) is 0 Å². The maximum absolute atomic E-state index is 5.56. The van der Waals surface area contributed by atoms with Gasteiger partial charge in [0.05, 0.1) is 24.4 Å². The first-order valence-electron chi connectivity index (χ1n) is 7.29. The molecule has 24 heavy (non-hydrogen) atoms. The fraction of sp³-hybridized carbons (Fsp3) is 0.176. The molecular formula is C17H18BrN3O2S. The van der Waals surface area contributed by atoms with Crippen molar-refractivity contribution in [2.24, 2.45) is 5.10 Å². The second-order valence-electron chi connectivity index (χ2n) is 4.66. The zero-order chi connectivity index (χ0) is 17.4. The van der Waals surface area contributed by atoms with Crippen molar-refractivity contribution in [1.82, 2.24) is 5.43 Å². The first kappa shape index (κ1) is 18.2. The van der Waals surface area contributed by atoms with Crippen LogP contribution in [0.15, 0.2) is 52.0 Å². The molecule has 5 nitrogen and oxygen atoms in total. The summed E-state index contributed by atoms with van der Waals surface area (Å²) in [6, 6.07) is 13.4. The van der Waals surface area contributed by atoms with E-state index >= 15 is 0 Å². The minimum absolute atomic E-state index is 0.411. The van der Waals surface area contributed by atoms with Crippen LogP contribution in [0.2, 0.25) is 0 Å². The lowest BCUT2D eigenvalue weighted by atomic mass is 10.2. The maximum Gasteiger partial charge on any atom is 0.191 e. The molecule has 0 aromatic heterocycles. The smallest absolute Gasteiger partial charge is 0.191 e. The molecule has 2 aromatic rings. The summed E-state index contributed by atoms with van der Waals surface area (Å²) < 4.78 is 11.7. The van der Waals surface area contributed by atoms with Crippen molar-refractivity contribution in [1.29, 1.82) is 0 Å². The summed E-state index contributed by atoms with van der Waals surface area (Å²) in [6.07, 6.45) is 1.65. The van der Waals surface area contributed by atoms with Gasteiger partial charge >= 0.3 is 0 Å². The van der Waals surface area contributed by atoms with Gasteiger partial charge in [-0.3, -0.25) is 5.43 Å². The molecule has 0 spiro atoms. The van der Waals surface area contributed by atoms with E-state index in [1.807, 2.05) is 49.4 Å². The maximum atomic E-state index is 5.56. The predicted molar refractivity (Wildman–Crippen MR) is 105 cm³/mol. The van der Waals surface area contributed by atoms with Crippen molar-refractivity contribution in [2.45, 2.75) is 6.92 Å². The van der Waals surface area contributed by atoms with Gasteiger partial charge in [-0.15, -0.1) is 0 Å². The van der Waals surface area contributed by atoms with E-state index < -0.39 is 0 Å². The zero-order valence-electron chi connectivity index (χ0n) is 13.4. The first-order chi connectivity index (χ1) is 11.6. The summed E-state index contributed by atoms with van der Waals surface area (Å²) in [5, 5.41) is 7.59. The SMILES string of the molecule is CCOc1c(Br)cc(/C=N/NC(=S)Nc2ccccc2)cc1OC. The molecule has 126 valence electrons. The Labute approximate surface area is 155 Å². The van der Waals surface area contributed by atoms with E-state index in [1.165, 1.54) is 0 Å². The van der Waals surface area contributed by atoms with Crippen LogP contribution in [0.5, 0.6) is 11.5 Å². The third-order valence-electron chi connectivity index (χ3n) is 2.95. The standard InChI is InChI=1S/C17H18BrN3O2S/c1-3-23-16-14(18)9-12(10-15(16)22-2)11-19-21-17(24)20-13-7-5-4-6-8-13/h4-11H,3H2,1-2H3,(H2,20,21,24)/b19-11+.